The van der Waals surface area contributed by atoms with Crippen molar-refractivity contribution in [3.05, 3.63) is 11.6 Å². The topological polar surface area (TPSA) is 126 Å². The van der Waals surface area contributed by atoms with Crippen LogP contribution in [-0.2, 0) is 19.0 Å². The molecule has 0 bridgehead atoms. The highest BCUT2D eigenvalue weighted by Crippen LogP contribution is 2.31. The molecule has 9 atom stereocenters. The molecule has 8 nitrogen and oxygen atoms in total. The van der Waals surface area contributed by atoms with Crippen LogP contribution in [0.2, 0.25) is 0 Å². The molecule has 4 N–H and O–H groups in total. The van der Waals surface area contributed by atoms with E-state index in [4.69, 9.17) is 14.2 Å². The van der Waals surface area contributed by atoms with Crippen molar-refractivity contribution in [3.63, 3.8) is 0 Å². The molecule has 0 aromatic heterocycles. The van der Waals surface area contributed by atoms with E-state index >= 15 is 0 Å². The summed E-state index contributed by atoms with van der Waals surface area (Å²) >= 11 is 0. The molecule has 8 heteroatoms. The molecule has 0 spiro atoms. The predicted molar refractivity (Wildman–Crippen MR) is 177 cm³/mol. The Balaban J connectivity index is 1.16. The van der Waals surface area contributed by atoms with Crippen LogP contribution >= 0.6 is 0 Å². The van der Waals surface area contributed by atoms with Gasteiger partial charge in [-0.3, -0.25) is 0 Å². The van der Waals surface area contributed by atoms with Crippen LogP contribution in [0, 0.1) is 0 Å². The van der Waals surface area contributed by atoms with E-state index in [9.17, 15) is 25.2 Å². The maximum absolute atomic E-state index is 11.7. The van der Waals surface area contributed by atoms with Gasteiger partial charge in [0, 0.05) is 12.0 Å². The Hall–Kier alpha value is -1.03. The number of hydrogen-bond acceptors (Lipinski definition) is 8. The zero-order valence-electron chi connectivity index (χ0n) is 28.5. The Morgan fingerprint density at radius 3 is 1.78 bits per heavy atom. The van der Waals surface area contributed by atoms with Crippen molar-refractivity contribution in [3.8, 4) is 0 Å². The maximum atomic E-state index is 11.7. The first-order chi connectivity index (χ1) is 21.8. The van der Waals surface area contributed by atoms with Gasteiger partial charge in [-0.2, -0.15) is 0 Å². The lowest BCUT2D eigenvalue weighted by Gasteiger charge is -2.24. The van der Waals surface area contributed by atoms with Crippen LogP contribution in [0.5, 0.6) is 0 Å². The highest BCUT2D eigenvalue weighted by atomic mass is 16.5. The van der Waals surface area contributed by atoms with Crippen molar-refractivity contribution in [1.82, 2.24) is 0 Å². The van der Waals surface area contributed by atoms with Crippen LogP contribution in [0.3, 0.4) is 0 Å². The molecule has 2 saturated heterocycles. The lowest BCUT2D eigenvalue weighted by molar-refractivity contribution is -0.139. The van der Waals surface area contributed by atoms with Gasteiger partial charge in [-0.1, -0.05) is 90.4 Å². The average molecular weight is 639 g/mol. The van der Waals surface area contributed by atoms with Gasteiger partial charge in [0.2, 0.25) is 0 Å². The minimum Gasteiger partial charge on any atom is -0.455 e. The molecule has 262 valence electrons. The smallest absolute Gasteiger partial charge is 0.334 e. The Morgan fingerprint density at radius 2 is 1.18 bits per heavy atom. The quantitative estimate of drug-likeness (QED) is 0.0634. The van der Waals surface area contributed by atoms with E-state index in [1.807, 2.05) is 6.92 Å². The largest absolute Gasteiger partial charge is 0.455 e. The fourth-order valence-electron chi connectivity index (χ4n) is 7.29. The molecule has 0 amide bonds. The van der Waals surface area contributed by atoms with E-state index in [-0.39, 0.29) is 36.5 Å². The third kappa shape index (κ3) is 14.7. The van der Waals surface area contributed by atoms with Crippen LogP contribution in [0.4, 0.5) is 0 Å². The number of aliphatic hydroxyl groups is 4. The number of rotatable bonds is 25. The number of carbonyl (C=O) groups excluding carboxylic acids is 1. The third-order valence-electron chi connectivity index (χ3n) is 10.1. The number of esters is 1. The van der Waals surface area contributed by atoms with Crippen LogP contribution in [-0.4, -0.2) is 81.3 Å². The molecule has 3 aliphatic heterocycles. The lowest BCUT2D eigenvalue weighted by atomic mass is 9.98. The Bertz CT molecular complexity index is 833. The number of hydrogen-bond donors (Lipinski definition) is 4. The van der Waals surface area contributed by atoms with Gasteiger partial charge in [-0.05, 0) is 70.8 Å². The normalized spacial score (nSPS) is 27.8. The minimum atomic E-state index is -0.627. The molecular weight excluding hydrogens is 572 g/mol. The first kappa shape index (κ1) is 38.4. The number of cyclic esters (lactones) is 1. The molecule has 45 heavy (non-hydrogen) atoms. The predicted octanol–water partition coefficient (Wildman–Crippen LogP) is 6.83. The summed E-state index contributed by atoms with van der Waals surface area (Å²) < 4.78 is 17.3. The second-order valence-corrected chi connectivity index (χ2v) is 14.2. The zero-order chi connectivity index (χ0) is 32.4. The first-order valence-corrected chi connectivity index (χ1v) is 18.7. The van der Waals surface area contributed by atoms with Gasteiger partial charge in [0.25, 0.3) is 0 Å². The molecule has 0 saturated carbocycles. The number of unbranched alkanes of at least 4 members (excludes halogenated alkanes) is 11. The van der Waals surface area contributed by atoms with E-state index < -0.39 is 24.4 Å². The monoisotopic (exact) mass is 638 g/mol. The van der Waals surface area contributed by atoms with Crippen molar-refractivity contribution < 1.29 is 39.4 Å². The zero-order valence-corrected chi connectivity index (χ0v) is 28.5. The molecule has 3 rings (SSSR count). The Morgan fingerprint density at radius 1 is 0.667 bits per heavy atom. The second kappa shape index (κ2) is 21.8. The first-order valence-electron chi connectivity index (χ1n) is 18.7. The second-order valence-electron chi connectivity index (χ2n) is 14.2. The standard InChI is InChI=1S/C37H66O8/c1-3-4-5-6-7-8-12-15-18-31(39)35-23-24-36(45-35)33(41)21-20-32(40)34-22-19-30(44-34)17-14-11-9-10-13-16-29(38)26-28-25-27(2)43-37(28)42/h25,27,29-36,38-41H,3-24,26H2,1-2H3/t27-,29+,30+,31+,32-,33-,34-,35-,36-/m0/s1. The van der Waals surface area contributed by atoms with Crippen molar-refractivity contribution in [2.75, 3.05) is 0 Å². The molecule has 3 heterocycles. The summed E-state index contributed by atoms with van der Waals surface area (Å²) in [7, 11) is 0. The molecule has 3 aliphatic rings. The minimum absolute atomic E-state index is 0.162. The van der Waals surface area contributed by atoms with E-state index in [0.29, 0.717) is 31.3 Å². The summed E-state index contributed by atoms with van der Waals surface area (Å²) in [6.07, 6.45) is 21.6. The van der Waals surface area contributed by atoms with Crippen LogP contribution in [0.25, 0.3) is 0 Å². The van der Waals surface area contributed by atoms with E-state index in [0.717, 1.165) is 83.5 Å². The summed E-state index contributed by atoms with van der Waals surface area (Å²) in [5, 5.41) is 42.4. The molecular formula is C37H66O8. The van der Waals surface area contributed by atoms with Crippen LogP contribution < -0.4 is 0 Å². The fourth-order valence-corrected chi connectivity index (χ4v) is 7.29. The molecule has 0 radical (unpaired) electrons. The fraction of sp³-hybridized carbons (Fsp3) is 0.919. The van der Waals surface area contributed by atoms with Crippen LogP contribution in [0.15, 0.2) is 11.6 Å². The van der Waals surface area contributed by atoms with Crippen molar-refractivity contribution >= 4 is 5.97 Å². The van der Waals surface area contributed by atoms with Gasteiger partial charge in [0.05, 0.1) is 48.8 Å². The van der Waals surface area contributed by atoms with Crippen molar-refractivity contribution in [1.29, 1.82) is 0 Å². The van der Waals surface area contributed by atoms with Gasteiger partial charge in [-0.25, -0.2) is 4.79 Å². The summed E-state index contributed by atoms with van der Waals surface area (Å²) in [6, 6.07) is 0. The summed E-state index contributed by atoms with van der Waals surface area (Å²) in [6.45, 7) is 4.07. The highest BCUT2D eigenvalue weighted by molar-refractivity contribution is 5.90. The van der Waals surface area contributed by atoms with Gasteiger partial charge >= 0.3 is 5.97 Å². The number of carbonyl (C=O) groups is 1. The summed E-state index contributed by atoms with van der Waals surface area (Å²) in [5.74, 6) is -0.295. The SMILES string of the molecule is CCCCCCCCCC[C@@H](O)[C@@H]1CC[C@@H]([C@@H](O)CC[C@H](O)[C@@H]2CC[C@@H](CCCCCCC[C@@H](O)CC3=C[C@H](C)OC3=O)O2)O1. The molecule has 2 fully saturated rings. The van der Waals surface area contributed by atoms with Crippen molar-refractivity contribution in [2.24, 2.45) is 0 Å². The Labute approximate surface area is 273 Å². The molecule has 0 unspecified atom stereocenters. The molecule has 0 aliphatic carbocycles. The van der Waals surface area contributed by atoms with E-state index in [1.165, 1.54) is 38.5 Å². The van der Waals surface area contributed by atoms with Crippen molar-refractivity contribution in [2.45, 2.75) is 216 Å². The van der Waals surface area contributed by atoms with E-state index in [2.05, 4.69) is 6.92 Å². The highest BCUT2D eigenvalue weighted by Gasteiger charge is 2.36. The Kier molecular flexibility index (Phi) is 18.6. The van der Waals surface area contributed by atoms with Gasteiger partial charge in [-0.15, -0.1) is 0 Å². The van der Waals surface area contributed by atoms with Gasteiger partial charge in [0.15, 0.2) is 0 Å². The maximum Gasteiger partial charge on any atom is 0.334 e. The summed E-state index contributed by atoms with van der Waals surface area (Å²) in [4.78, 5) is 11.7. The number of aliphatic hydroxyl groups excluding tert-OH is 4. The van der Waals surface area contributed by atoms with Gasteiger partial charge in [0.1, 0.15) is 6.10 Å². The van der Waals surface area contributed by atoms with Gasteiger partial charge < -0.3 is 34.6 Å². The molecule has 0 aromatic rings. The lowest BCUT2D eigenvalue weighted by Crippen LogP contribution is -2.33. The average Bonchev–Trinajstić information content (AvgIpc) is 3.77. The van der Waals surface area contributed by atoms with Crippen LogP contribution in [0.1, 0.15) is 162 Å². The van der Waals surface area contributed by atoms with E-state index in [1.54, 1.807) is 6.08 Å². The molecule has 0 aromatic carbocycles. The number of ether oxygens (including phenoxy) is 3. The third-order valence-corrected chi connectivity index (χ3v) is 10.1. The summed E-state index contributed by atoms with van der Waals surface area (Å²) in [5.41, 5.74) is 0.600.